The number of nitrogens with zero attached hydrogens (tertiary/aromatic N) is 1. The second-order valence-electron chi connectivity index (χ2n) is 6.31. The van der Waals surface area contributed by atoms with Crippen LogP contribution >= 0.6 is 0 Å². The number of quaternary nitrogens is 1. The quantitative estimate of drug-likeness (QED) is 0.738. The second kappa shape index (κ2) is 7.76. The van der Waals surface area contributed by atoms with Gasteiger partial charge in [-0.15, -0.1) is 0 Å². The molecule has 1 amide bonds. The molecule has 1 aliphatic heterocycles. The highest BCUT2D eigenvalue weighted by Gasteiger charge is 2.27. The topological polar surface area (TPSA) is 79.2 Å². The number of rotatable bonds is 5. The molecule has 2 heterocycles. The number of fused-ring (bicyclic) bond motifs is 1. The number of aliphatic hydroxyl groups is 1. The zero-order chi connectivity index (χ0) is 17.8. The predicted octanol–water partition coefficient (Wildman–Crippen LogP) is 0.567. The van der Waals surface area contributed by atoms with Gasteiger partial charge >= 0.3 is 6.09 Å². The molecule has 0 saturated carbocycles. The molecule has 7 heteroatoms. The minimum Gasteiger partial charge on any atom is -0.497 e. The van der Waals surface area contributed by atoms with Crippen LogP contribution in [0, 0.1) is 0 Å². The van der Waals surface area contributed by atoms with Crippen LogP contribution in [0.5, 0.6) is 5.75 Å². The third kappa shape index (κ3) is 3.88. The Morgan fingerprint density at radius 3 is 2.84 bits per heavy atom. The molecular weight excluding hydrogens is 322 g/mol. The number of aromatic amines is 1. The molecule has 0 radical (unpaired) electrons. The molecule has 1 aromatic carbocycles. The van der Waals surface area contributed by atoms with Crippen molar-refractivity contribution in [1.82, 2.24) is 9.88 Å². The van der Waals surface area contributed by atoms with Gasteiger partial charge < -0.3 is 24.5 Å². The largest absolute Gasteiger partial charge is 0.497 e. The van der Waals surface area contributed by atoms with Crippen molar-refractivity contribution in [3.63, 3.8) is 0 Å². The normalized spacial score (nSPS) is 16.8. The maximum absolute atomic E-state index is 11.7. The molecule has 7 nitrogen and oxygen atoms in total. The summed E-state index contributed by atoms with van der Waals surface area (Å²) in [6.07, 6.45) is 1.05. The Hall–Kier alpha value is -2.25. The van der Waals surface area contributed by atoms with Gasteiger partial charge in [0.25, 0.3) is 0 Å². The fourth-order valence-corrected chi connectivity index (χ4v) is 3.33. The Morgan fingerprint density at radius 2 is 2.16 bits per heavy atom. The number of hydrogen-bond donors (Lipinski definition) is 3. The van der Waals surface area contributed by atoms with E-state index in [1.54, 1.807) is 12.0 Å². The smallest absolute Gasteiger partial charge is 0.410 e. The molecule has 0 spiro atoms. The Kier molecular flexibility index (Phi) is 5.45. The maximum atomic E-state index is 11.7. The zero-order valence-corrected chi connectivity index (χ0v) is 14.7. The number of methoxy groups -OCH3 is 1. The number of ether oxygens (including phenoxy) is 2. The molecule has 1 saturated heterocycles. The maximum Gasteiger partial charge on any atom is 0.410 e. The molecule has 1 fully saturated rings. The summed E-state index contributed by atoms with van der Waals surface area (Å²) in [6, 6.07) is 5.79. The fraction of sp³-hybridized carbons (Fsp3) is 0.500. The predicted molar refractivity (Wildman–Crippen MR) is 94.0 cm³/mol. The number of aliphatic hydroxyl groups excluding tert-OH is 1. The average Bonchev–Trinajstić information content (AvgIpc) is 3.05. The Balaban J connectivity index is 1.62. The van der Waals surface area contributed by atoms with Crippen molar-refractivity contribution in [2.24, 2.45) is 0 Å². The van der Waals surface area contributed by atoms with E-state index in [0.717, 1.165) is 35.3 Å². The summed E-state index contributed by atoms with van der Waals surface area (Å²) in [6.45, 7) is 5.75. The number of carbonyl (C=O) groups excluding carboxylic acids is 1. The summed E-state index contributed by atoms with van der Waals surface area (Å²) < 4.78 is 10.3. The van der Waals surface area contributed by atoms with Gasteiger partial charge in [0.2, 0.25) is 0 Å². The van der Waals surface area contributed by atoms with Crippen molar-refractivity contribution in [2.45, 2.75) is 13.0 Å². The van der Waals surface area contributed by atoms with Crippen LogP contribution in [-0.2, 0) is 4.74 Å². The van der Waals surface area contributed by atoms with Gasteiger partial charge in [0, 0.05) is 22.7 Å². The summed E-state index contributed by atoms with van der Waals surface area (Å²) in [5.41, 5.74) is 1.87. The lowest BCUT2D eigenvalue weighted by atomic mass is 10.1. The number of amides is 1. The average molecular weight is 348 g/mol. The molecule has 25 heavy (non-hydrogen) atoms. The van der Waals surface area contributed by atoms with Gasteiger partial charge in [-0.1, -0.05) is 0 Å². The summed E-state index contributed by atoms with van der Waals surface area (Å²) in [5, 5.41) is 11.7. The van der Waals surface area contributed by atoms with Crippen molar-refractivity contribution >= 4 is 17.0 Å². The highest BCUT2D eigenvalue weighted by atomic mass is 16.6. The Labute approximate surface area is 147 Å². The minimum atomic E-state index is -0.565. The molecular formula is C18H26N3O4+. The standard InChI is InChI=1S/C18H25N3O4/c1-3-25-18(23)21-8-6-20(7-9-21)12-17(22)15-11-19-16-5-4-13(24-2)10-14(15)16/h4-5,10-11,17,19,22H,3,6-9,12H2,1-2H3/p+1/t17-/m1/s1. The van der Waals surface area contributed by atoms with Crippen LogP contribution in [0.2, 0.25) is 0 Å². The van der Waals surface area contributed by atoms with Crippen molar-refractivity contribution < 1.29 is 24.3 Å². The first-order valence-electron chi connectivity index (χ1n) is 8.70. The van der Waals surface area contributed by atoms with E-state index in [4.69, 9.17) is 9.47 Å². The molecule has 0 unspecified atom stereocenters. The number of nitrogens with one attached hydrogen (secondary N) is 2. The summed E-state index contributed by atoms with van der Waals surface area (Å²) in [5.74, 6) is 0.774. The van der Waals surface area contributed by atoms with Crippen LogP contribution in [0.1, 0.15) is 18.6 Å². The fourth-order valence-electron chi connectivity index (χ4n) is 3.33. The van der Waals surface area contributed by atoms with Gasteiger partial charge in [0.1, 0.15) is 18.4 Å². The highest BCUT2D eigenvalue weighted by Crippen LogP contribution is 2.27. The van der Waals surface area contributed by atoms with E-state index in [1.807, 2.05) is 31.3 Å². The first-order valence-corrected chi connectivity index (χ1v) is 8.70. The van der Waals surface area contributed by atoms with Crippen molar-refractivity contribution in [2.75, 3.05) is 46.4 Å². The Bertz CT molecular complexity index is 722. The van der Waals surface area contributed by atoms with Gasteiger partial charge in [0.05, 0.1) is 39.9 Å². The van der Waals surface area contributed by atoms with Crippen LogP contribution in [0.4, 0.5) is 4.79 Å². The molecule has 136 valence electrons. The van der Waals surface area contributed by atoms with Crippen molar-refractivity contribution in [1.29, 1.82) is 0 Å². The van der Waals surface area contributed by atoms with Gasteiger partial charge in [-0.05, 0) is 25.1 Å². The van der Waals surface area contributed by atoms with E-state index in [0.29, 0.717) is 26.2 Å². The van der Waals surface area contributed by atoms with Crippen LogP contribution in [0.3, 0.4) is 0 Å². The lowest BCUT2D eigenvalue weighted by Crippen LogP contribution is -3.15. The van der Waals surface area contributed by atoms with Gasteiger partial charge in [-0.2, -0.15) is 0 Å². The van der Waals surface area contributed by atoms with E-state index >= 15 is 0 Å². The van der Waals surface area contributed by atoms with E-state index in [1.165, 1.54) is 4.90 Å². The first-order chi connectivity index (χ1) is 12.1. The number of H-pyrrole nitrogens is 1. The van der Waals surface area contributed by atoms with Crippen LogP contribution in [0.25, 0.3) is 10.9 Å². The third-order valence-electron chi connectivity index (χ3n) is 4.76. The van der Waals surface area contributed by atoms with Crippen molar-refractivity contribution in [3.05, 3.63) is 30.0 Å². The molecule has 1 atom stereocenters. The molecule has 1 aromatic heterocycles. The summed E-state index contributed by atoms with van der Waals surface area (Å²) in [7, 11) is 1.64. The minimum absolute atomic E-state index is 0.245. The van der Waals surface area contributed by atoms with E-state index in [9.17, 15) is 9.90 Å². The lowest BCUT2D eigenvalue weighted by molar-refractivity contribution is -0.907. The molecule has 3 rings (SSSR count). The van der Waals surface area contributed by atoms with Crippen molar-refractivity contribution in [3.8, 4) is 5.75 Å². The van der Waals surface area contributed by atoms with Gasteiger partial charge in [-0.3, -0.25) is 4.90 Å². The number of aromatic nitrogens is 1. The SMILES string of the molecule is CCOC(=O)N1CC[NH+](C[C@@H](O)c2c[nH]c3ccc(OC)cc23)CC1. The lowest BCUT2D eigenvalue weighted by Gasteiger charge is -2.32. The van der Waals surface area contributed by atoms with Crippen LogP contribution < -0.4 is 9.64 Å². The zero-order valence-electron chi connectivity index (χ0n) is 14.7. The number of carbonyl (C=O) groups is 1. The number of hydrogen-bond acceptors (Lipinski definition) is 4. The Morgan fingerprint density at radius 1 is 1.40 bits per heavy atom. The summed E-state index contributed by atoms with van der Waals surface area (Å²) in [4.78, 5) is 18.0. The molecule has 0 aliphatic carbocycles. The second-order valence-corrected chi connectivity index (χ2v) is 6.31. The molecule has 0 bridgehead atoms. The number of piperazine rings is 1. The van der Waals surface area contributed by atoms with Gasteiger partial charge in [0.15, 0.2) is 0 Å². The van der Waals surface area contributed by atoms with E-state index < -0.39 is 6.10 Å². The highest BCUT2D eigenvalue weighted by molar-refractivity contribution is 5.85. The monoisotopic (exact) mass is 348 g/mol. The van der Waals surface area contributed by atoms with Gasteiger partial charge in [-0.25, -0.2) is 4.79 Å². The molecule has 3 N–H and O–H groups in total. The summed E-state index contributed by atoms with van der Waals surface area (Å²) >= 11 is 0. The first kappa shape index (κ1) is 17.6. The number of benzene rings is 1. The van der Waals surface area contributed by atoms with E-state index in [2.05, 4.69) is 4.98 Å². The molecule has 2 aromatic rings. The van der Waals surface area contributed by atoms with Crippen LogP contribution in [0.15, 0.2) is 24.4 Å². The molecule has 1 aliphatic rings. The third-order valence-corrected chi connectivity index (χ3v) is 4.76. The van der Waals surface area contributed by atoms with E-state index in [-0.39, 0.29) is 6.09 Å². The van der Waals surface area contributed by atoms with Crippen LogP contribution in [-0.4, -0.2) is 67.5 Å².